The van der Waals surface area contributed by atoms with Gasteiger partial charge >= 0.3 is 0 Å². The number of carbonyl (C=O) groups is 2. The van der Waals surface area contributed by atoms with Crippen molar-refractivity contribution in [2.75, 3.05) is 26.2 Å². The third-order valence-corrected chi connectivity index (χ3v) is 4.85. The molecule has 6 nitrogen and oxygen atoms in total. The molecule has 0 bridgehead atoms. The Morgan fingerprint density at radius 2 is 1.62 bits per heavy atom. The SMILES string of the molecule is O=C(Cc1cccs1)N1CCN(C(=O)c2cc(O)cc(O)c2)CC1. The first-order valence-corrected chi connectivity index (χ1v) is 8.53. The summed E-state index contributed by atoms with van der Waals surface area (Å²) in [7, 11) is 0. The lowest BCUT2D eigenvalue weighted by atomic mass is 10.1. The fraction of sp³-hybridized carbons (Fsp3) is 0.294. The predicted molar refractivity (Wildman–Crippen MR) is 90.3 cm³/mol. The Morgan fingerprint density at radius 3 is 2.21 bits per heavy atom. The molecule has 0 unspecified atom stereocenters. The van der Waals surface area contributed by atoms with Crippen LogP contribution in [0, 0.1) is 0 Å². The molecule has 2 N–H and O–H groups in total. The molecule has 1 fully saturated rings. The number of piperazine rings is 1. The number of amides is 2. The van der Waals surface area contributed by atoms with Crippen LogP contribution in [0.5, 0.6) is 11.5 Å². The van der Waals surface area contributed by atoms with E-state index in [4.69, 9.17) is 0 Å². The van der Waals surface area contributed by atoms with Gasteiger partial charge in [-0.15, -0.1) is 11.3 Å². The van der Waals surface area contributed by atoms with Gasteiger partial charge in [-0.2, -0.15) is 0 Å². The molecule has 0 atom stereocenters. The van der Waals surface area contributed by atoms with Gasteiger partial charge in [-0.25, -0.2) is 0 Å². The minimum Gasteiger partial charge on any atom is -0.508 e. The van der Waals surface area contributed by atoms with Crippen molar-refractivity contribution in [3.05, 3.63) is 46.2 Å². The lowest BCUT2D eigenvalue weighted by Gasteiger charge is -2.34. The molecule has 24 heavy (non-hydrogen) atoms. The molecule has 0 spiro atoms. The number of hydrogen-bond donors (Lipinski definition) is 2. The van der Waals surface area contributed by atoms with Gasteiger partial charge in [-0.3, -0.25) is 9.59 Å². The van der Waals surface area contributed by atoms with Crippen molar-refractivity contribution >= 4 is 23.2 Å². The molecular weight excluding hydrogens is 328 g/mol. The lowest BCUT2D eigenvalue weighted by molar-refractivity contribution is -0.131. The van der Waals surface area contributed by atoms with Gasteiger partial charge in [0.05, 0.1) is 6.42 Å². The third kappa shape index (κ3) is 3.68. The number of nitrogens with zero attached hydrogens (tertiary/aromatic N) is 2. The van der Waals surface area contributed by atoms with Crippen LogP contribution in [0.15, 0.2) is 35.7 Å². The summed E-state index contributed by atoms with van der Waals surface area (Å²) in [5, 5.41) is 20.9. The second-order valence-electron chi connectivity index (χ2n) is 5.67. The second-order valence-corrected chi connectivity index (χ2v) is 6.70. The van der Waals surface area contributed by atoms with Crippen LogP contribution in [0.3, 0.4) is 0 Å². The molecule has 7 heteroatoms. The van der Waals surface area contributed by atoms with Crippen molar-refractivity contribution in [2.24, 2.45) is 0 Å². The molecule has 0 saturated carbocycles. The average molecular weight is 346 g/mol. The zero-order valence-electron chi connectivity index (χ0n) is 13.0. The maximum Gasteiger partial charge on any atom is 0.254 e. The summed E-state index contributed by atoms with van der Waals surface area (Å²) in [6.45, 7) is 1.85. The smallest absolute Gasteiger partial charge is 0.254 e. The van der Waals surface area contributed by atoms with Crippen LogP contribution in [0.1, 0.15) is 15.2 Å². The van der Waals surface area contributed by atoms with E-state index < -0.39 is 0 Å². The van der Waals surface area contributed by atoms with Crippen molar-refractivity contribution in [1.29, 1.82) is 0 Å². The number of carbonyl (C=O) groups excluding carboxylic acids is 2. The predicted octanol–water partition coefficient (Wildman–Crippen LogP) is 1.69. The number of phenolic OH excluding ortho intramolecular Hbond substituents is 2. The molecule has 1 aromatic carbocycles. The van der Waals surface area contributed by atoms with E-state index >= 15 is 0 Å². The molecule has 1 aromatic heterocycles. The van der Waals surface area contributed by atoms with Crippen molar-refractivity contribution in [1.82, 2.24) is 9.80 Å². The topological polar surface area (TPSA) is 81.1 Å². The van der Waals surface area contributed by atoms with Crippen LogP contribution in [0.25, 0.3) is 0 Å². The highest BCUT2D eigenvalue weighted by atomic mass is 32.1. The van der Waals surface area contributed by atoms with E-state index in [-0.39, 0.29) is 28.9 Å². The van der Waals surface area contributed by atoms with Crippen molar-refractivity contribution in [3.63, 3.8) is 0 Å². The highest BCUT2D eigenvalue weighted by Gasteiger charge is 2.25. The third-order valence-electron chi connectivity index (χ3n) is 3.97. The monoisotopic (exact) mass is 346 g/mol. The van der Waals surface area contributed by atoms with Crippen LogP contribution < -0.4 is 0 Å². The number of thiophene rings is 1. The molecule has 1 aliphatic rings. The molecule has 1 aliphatic heterocycles. The fourth-order valence-corrected chi connectivity index (χ4v) is 3.43. The van der Waals surface area contributed by atoms with Gasteiger partial charge in [0.15, 0.2) is 0 Å². The van der Waals surface area contributed by atoms with Gasteiger partial charge in [0.2, 0.25) is 5.91 Å². The van der Waals surface area contributed by atoms with E-state index in [1.807, 2.05) is 17.5 Å². The first-order valence-electron chi connectivity index (χ1n) is 7.65. The maximum atomic E-state index is 12.4. The summed E-state index contributed by atoms with van der Waals surface area (Å²) in [6.07, 6.45) is 0.395. The van der Waals surface area contributed by atoms with Crippen molar-refractivity contribution < 1.29 is 19.8 Å². The van der Waals surface area contributed by atoms with Gasteiger partial charge in [-0.1, -0.05) is 6.07 Å². The minimum atomic E-state index is -0.258. The highest BCUT2D eigenvalue weighted by Crippen LogP contribution is 2.22. The number of phenols is 2. The largest absolute Gasteiger partial charge is 0.508 e. The number of hydrogen-bond acceptors (Lipinski definition) is 5. The number of benzene rings is 1. The van der Waals surface area contributed by atoms with Gasteiger partial charge in [0.25, 0.3) is 5.91 Å². The number of aromatic hydroxyl groups is 2. The Kier molecular flexibility index (Phi) is 4.71. The first kappa shape index (κ1) is 16.3. The maximum absolute atomic E-state index is 12.4. The molecule has 2 heterocycles. The molecular formula is C17H18N2O4S. The first-order chi connectivity index (χ1) is 11.5. The Balaban J connectivity index is 1.58. The van der Waals surface area contributed by atoms with Gasteiger partial charge < -0.3 is 20.0 Å². The van der Waals surface area contributed by atoms with Crippen LogP contribution in [-0.2, 0) is 11.2 Å². The van der Waals surface area contributed by atoms with E-state index in [1.54, 1.807) is 21.1 Å². The molecule has 126 valence electrons. The van der Waals surface area contributed by atoms with Crippen molar-refractivity contribution in [2.45, 2.75) is 6.42 Å². The minimum absolute atomic E-state index is 0.0690. The number of rotatable bonds is 3. The average Bonchev–Trinajstić information content (AvgIpc) is 3.06. The van der Waals surface area contributed by atoms with E-state index in [2.05, 4.69) is 0 Å². The molecule has 0 radical (unpaired) electrons. The molecule has 3 rings (SSSR count). The Bertz CT molecular complexity index is 717. The normalized spacial score (nSPS) is 14.7. The molecule has 1 saturated heterocycles. The van der Waals surface area contributed by atoms with Crippen molar-refractivity contribution in [3.8, 4) is 11.5 Å². The summed E-state index contributed by atoms with van der Waals surface area (Å²) in [5.41, 5.74) is 0.242. The summed E-state index contributed by atoms with van der Waals surface area (Å²) < 4.78 is 0. The van der Waals surface area contributed by atoms with Gasteiger partial charge in [0, 0.05) is 42.7 Å². The lowest BCUT2D eigenvalue weighted by Crippen LogP contribution is -2.50. The van der Waals surface area contributed by atoms with Gasteiger partial charge in [0.1, 0.15) is 11.5 Å². The highest BCUT2D eigenvalue weighted by molar-refractivity contribution is 7.10. The van der Waals surface area contributed by atoms with E-state index in [0.29, 0.717) is 32.6 Å². The van der Waals surface area contributed by atoms with Crippen LogP contribution in [0.2, 0.25) is 0 Å². The van der Waals surface area contributed by atoms with E-state index in [9.17, 15) is 19.8 Å². The molecule has 2 aromatic rings. The Labute approximate surface area is 143 Å². The quantitative estimate of drug-likeness (QED) is 0.886. The van der Waals surface area contributed by atoms with E-state index in [1.165, 1.54) is 18.2 Å². The zero-order chi connectivity index (χ0) is 17.1. The summed E-state index contributed by atoms with van der Waals surface area (Å²) in [6, 6.07) is 7.70. The Morgan fingerprint density at radius 1 is 1.00 bits per heavy atom. The standard InChI is InChI=1S/C17H18N2O4S/c20-13-8-12(9-14(21)10-13)17(23)19-5-3-18(4-6-19)16(22)11-15-2-1-7-24-15/h1-2,7-10,20-21H,3-6,11H2. The van der Waals surface area contributed by atoms with Crippen LogP contribution >= 0.6 is 11.3 Å². The second kappa shape index (κ2) is 6.92. The summed E-state index contributed by atoms with van der Waals surface area (Å²) in [5.74, 6) is -0.489. The van der Waals surface area contributed by atoms with E-state index in [0.717, 1.165) is 4.88 Å². The fourth-order valence-electron chi connectivity index (χ4n) is 2.73. The molecule has 2 amide bonds. The molecule has 0 aliphatic carbocycles. The summed E-state index contributed by atoms with van der Waals surface area (Å²) >= 11 is 1.56. The van der Waals surface area contributed by atoms with Crippen LogP contribution in [-0.4, -0.2) is 58.0 Å². The van der Waals surface area contributed by atoms with Crippen LogP contribution in [0.4, 0.5) is 0 Å². The Hall–Kier alpha value is -2.54. The zero-order valence-corrected chi connectivity index (χ0v) is 13.8. The van der Waals surface area contributed by atoms with Gasteiger partial charge in [-0.05, 0) is 23.6 Å². The summed E-state index contributed by atoms with van der Waals surface area (Å²) in [4.78, 5) is 29.1.